The van der Waals surface area contributed by atoms with E-state index >= 15 is 0 Å². The van der Waals surface area contributed by atoms with Crippen LogP contribution in [0.25, 0.3) is 11.1 Å². The average molecular weight is 449 g/mol. The molecule has 172 valence electrons. The minimum Gasteiger partial charge on any atom is -0.485 e. The molecule has 7 heteroatoms. The highest BCUT2D eigenvalue weighted by atomic mass is 16.6. The molecule has 1 saturated heterocycles. The monoisotopic (exact) mass is 448 g/mol. The van der Waals surface area contributed by atoms with Crippen LogP contribution < -0.4 is 4.74 Å². The third-order valence-electron chi connectivity index (χ3n) is 5.64. The fraction of sp³-hybridized carbons (Fsp3) is 0.346. The molecule has 0 amide bonds. The molecule has 2 aromatic carbocycles. The summed E-state index contributed by atoms with van der Waals surface area (Å²) in [6.07, 6.45) is 1.61. The number of rotatable bonds is 6. The van der Waals surface area contributed by atoms with Gasteiger partial charge in [0.2, 0.25) is 0 Å². The van der Waals surface area contributed by atoms with Crippen molar-refractivity contribution in [2.75, 3.05) is 19.8 Å². The molecule has 0 unspecified atom stereocenters. The highest BCUT2D eigenvalue weighted by molar-refractivity contribution is 5.66. The number of hydrogen-bond acceptors (Lipinski definition) is 6. The van der Waals surface area contributed by atoms with Crippen molar-refractivity contribution >= 4 is 0 Å². The van der Waals surface area contributed by atoms with E-state index in [1.54, 1.807) is 23.9 Å². The van der Waals surface area contributed by atoms with E-state index in [9.17, 15) is 15.3 Å². The molecule has 7 nitrogen and oxygen atoms in total. The first-order chi connectivity index (χ1) is 16.0. The fourth-order valence-corrected chi connectivity index (χ4v) is 3.79. The second-order valence-electron chi connectivity index (χ2n) is 8.16. The first-order valence-corrected chi connectivity index (χ1v) is 10.9. The molecule has 0 bridgehead atoms. The Bertz CT molecular complexity index is 1140. The van der Waals surface area contributed by atoms with E-state index in [-0.39, 0.29) is 12.7 Å². The Balaban J connectivity index is 1.47. The molecule has 4 atom stereocenters. The third kappa shape index (κ3) is 5.27. The van der Waals surface area contributed by atoms with Gasteiger partial charge in [-0.1, -0.05) is 30.0 Å². The maximum absolute atomic E-state index is 9.89. The zero-order valence-electron chi connectivity index (χ0n) is 18.7. The Morgan fingerprint density at radius 1 is 1.18 bits per heavy atom. The van der Waals surface area contributed by atoms with Gasteiger partial charge in [0.05, 0.1) is 19.8 Å². The van der Waals surface area contributed by atoms with E-state index in [1.165, 1.54) is 0 Å². The smallest absolute Gasteiger partial charge is 0.150 e. The van der Waals surface area contributed by atoms with Gasteiger partial charge in [-0.25, -0.2) is 4.98 Å². The minimum absolute atomic E-state index is 0.182. The minimum atomic E-state index is -0.744. The summed E-state index contributed by atoms with van der Waals surface area (Å²) in [4.78, 5) is 4.14. The van der Waals surface area contributed by atoms with Crippen molar-refractivity contribution in [3.63, 3.8) is 0 Å². The number of aryl methyl sites for hydroxylation is 1. The molecule has 33 heavy (non-hydrogen) atoms. The number of hydrogen-bond donors (Lipinski definition) is 3. The summed E-state index contributed by atoms with van der Waals surface area (Å²) in [6, 6.07) is 13.3. The number of aliphatic hydroxyl groups excluding tert-OH is 3. The maximum Gasteiger partial charge on any atom is 0.150 e. The van der Waals surface area contributed by atoms with Crippen LogP contribution in [0, 0.1) is 18.8 Å². The van der Waals surface area contributed by atoms with Gasteiger partial charge in [0.1, 0.15) is 35.9 Å². The van der Waals surface area contributed by atoms with Gasteiger partial charge in [0, 0.05) is 18.0 Å². The van der Waals surface area contributed by atoms with Crippen molar-refractivity contribution in [2.45, 2.75) is 38.2 Å². The van der Waals surface area contributed by atoms with Gasteiger partial charge in [0.25, 0.3) is 0 Å². The molecule has 1 aliphatic heterocycles. The molecule has 0 radical (unpaired) electrons. The molecule has 0 saturated carbocycles. The molecule has 3 N–H and O–H groups in total. The lowest BCUT2D eigenvalue weighted by molar-refractivity contribution is 0.0729. The molecule has 1 fully saturated rings. The first kappa shape index (κ1) is 23.0. The summed E-state index contributed by atoms with van der Waals surface area (Å²) in [7, 11) is 0. The number of nitrogens with zero attached hydrogens (tertiary/aromatic N) is 2. The topological polar surface area (TPSA) is 97.0 Å². The summed E-state index contributed by atoms with van der Waals surface area (Å²) in [5.74, 6) is 7.37. The molecule has 3 aromatic rings. The average Bonchev–Trinajstić information content (AvgIpc) is 3.46. The zero-order valence-corrected chi connectivity index (χ0v) is 18.7. The number of aliphatic hydroxyl groups is 3. The second-order valence-corrected chi connectivity index (χ2v) is 8.16. The summed E-state index contributed by atoms with van der Waals surface area (Å²) in [6.45, 7) is 4.13. The van der Waals surface area contributed by atoms with Crippen LogP contribution in [0.3, 0.4) is 0 Å². The number of benzene rings is 2. The van der Waals surface area contributed by atoms with Crippen molar-refractivity contribution < 1.29 is 24.8 Å². The Morgan fingerprint density at radius 3 is 2.58 bits per heavy atom. The molecular weight excluding hydrogens is 420 g/mol. The van der Waals surface area contributed by atoms with E-state index in [0.29, 0.717) is 19.0 Å². The molecule has 2 heterocycles. The standard InChI is InChI=1S/C26H28N2O5/c1-17-13-21(8-10-24(17)33-25-16-32-15-23(25)31)20-6-3-19(4-7-20)5-9-22(14-29)28-12-11-27-26(28)18(2)30/h3-4,6-8,10-13,18,22-23,25,29-31H,14-16H2,1-2H3/t18-,22-,23-,25-/m0/s1. The van der Waals surface area contributed by atoms with Gasteiger partial charge in [-0.15, -0.1) is 0 Å². The normalized spacial score (nSPS) is 19.5. The van der Waals surface area contributed by atoms with E-state index in [1.807, 2.05) is 43.3 Å². The van der Waals surface area contributed by atoms with Gasteiger partial charge in [-0.05, 0) is 54.8 Å². The SMILES string of the molecule is Cc1cc(-c2ccc(C#C[C@@H](CO)n3ccnc3[C@H](C)O)cc2)ccc1O[C@H]1COC[C@@H]1O. The maximum atomic E-state index is 9.89. The number of aromatic nitrogens is 2. The van der Waals surface area contributed by atoms with Crippen molar-refractivity contribution in [2.24, 2.45) is 0 Å². The van der Waals surface area contributed by atoms with Crippen LogP contribution in [0.1, 0.15) is 36.0 Å². The Labute approximate surface area is 193 Å². The van der Waals surface area contributed by atoms with Crippen LogP contribution in [-0.2, 0) is 4.74 Å². The van der Waals surface area contributed by atoms with Gasteiger partial charge in [0.15, 0.2) is 0 Å². The lowest BCUT2D eigenvalue weighted by Crippen LogP contribution is -2.29. The number of imidazole rings is 1. The van der Waals surface area contributed by atoms with Crippen molar-refractivity contribution in [1.82, 2.24) is 9.55 Å². The van der Waals surface area contributed by atoms with E-state index in [0.717, 1.165) is 28.0 Å². The quantitative estimate of drug-likeness (QED) is 0.502. The molecule has 4 rings (SSSR count). The molecule has 0 spiro atoms. The first-order valence-electron chi connectivity index (χ1n) is 10.9. The molecule has 1 aliphatic rings. The zero-order chi connectivity index (χ0) is 23.4. The lowest BCUT2D eigenvalue weighted by Gasteiger charge is -2.17. The van der Waals surface area contributed by atoms with Gasteiger partial charge < -0.3 is 29.4 Å². The molecular formula is C26H28N2O5. The fourth-order valence-electron chi connectivity index (χ4n) is 3.79. The molecule has 1 aromatic heterocycles. The van der Waals surface area contributed by atoms with E-state index in [4.69, 9.17) is 9.47 Å². The van der Waals surface area contributed by atoms with Crippen molar-refractivity contribution in [3.05, 3.63) is 71.8 Å². The molecule has 0 aliphatic carbocycles. The highest BCUT2D eigenvalue weighted by Crippen LogP contribution is 2.28. The summed E-state index contributed by atoms with van der Waals surface area (Å²) in [5.41, 5.74) is 3.90. The lowest BCUT2D eigenvalue weighted by atomic mass is 10.0. The highest BCUT2D eigenvalue weighted by Gasteiger charge is 2.28. The van der Waals surface area contributed by atoms with Crippen LogP contribution in [0.2, 0.25) is 0 Å². The Hall–Kier alpha value is -3.15. The van der Waals surface area contributed by atoms with Crippen LogP contribution in [0.15, 0.2) is 54.9 Å². The summed E-state index contributed by atoms with van der Waals surface area (Å²) in [5, 5.41) is 29.5. The predicted molar refractivity (Wildman–Crippen MR) is 124 cm³/mol. The van der Waals surface area contributed by atoms with Gasteiger partial charge >= 0.3 is 0 Å². The number of ether oxygens (including phenoxy) is 2. The van der Waals surface area contributed by atoms with Gasteiger partial charge in [-0.3, -0.25) is 0 Å². The second kappa shape index (κ2) is 10.2. The predicted octanol–water partition coefficient (Wildman–Crippen LogP) is 2.64. The van der Waals surface area contributed by atoms with Gasteiger partial charge in [-0.2, -0.15) is 0 Å². The van der Waals surface area contributed by atoms with Crippen LogP contribution in [0.4, 0.5) is 0 Å². The van der Waals surface area contributed by atoms with E-state index in [2.05, 4.69) is 22.9 Å². The summed E-state index contributed by atoms with van der Waals surface area (Å²) >= 11 is 0. The van der Waals surface area contributed by atoms with Crippen LogP contribution in [0.5, 0.6) is 5.75 Å². The Kier molecular flexibility index (Phi) is 7.11. The Morgan fingerprint density at radius 2 is 1.94 bits per heavy atom. The van der Waals surface area contributed by atoms with Crippen molar-refractivity contribution in [1.29, 1.82) is 0 Å². The third-order valence-corrected chi connectivity index (χ3v) is 5.64. The largest absolute Gasteiger partial charge is 0.485 e. The summed E-state index contributed by atoms with van der Waals surface area (Å²) < 4.78 is 12.8. The van der Waals surface area contributed by atoms with Crippen molar-refractivity contribution in [3.8, 4) is 28.7 Å². The van der Waals surface area contributed by atoms with Crippen LogP contribution in [-0.4, -0.2) is 56.9 Å². The van der Waals surface area contributed by atoms with Crippen LogP contribution >= 0.6 is 0 Å². The van der Waals surface area contributed by atoms with E-state index < -0.39 is 18.2 Å².